The highest BCUT2D eigenvalue weighted by Gasteiger charge is 2.26. The summed E-state index contributed by atoms with van der Waals surface area (Å²) in [5.74, 6) is 0.187. The number of rotatable bonds is 5. The maximum Gasteiger partial charge on any atom is 0.343 e. The molecular weight excluding hydrogens is 334 g/mol. The third-order valence-electron chi connectivity index (χ3n) is 3.69. The topological polar surface area (TPSA) is 95.7 Å². The second kappa shape index (κ2) is 6.48. The lowest BCUT2D eigenvalue weighted by atomic mass is 10.1. The summed E-state index contributed by atoms with van der Waals surface area (Å²) in [6.07, 6.45) is 0. The Balaban J connectivity index is 2.58. The molecule has 0 bridgehead atoms. The van der Waals surface area contributed by atoms with Crippen molar-refractivity contribution in [1.29, 1.82) is 0 Å². The van der Waals surface area contributed by atoms with E-state index in [-0.39, 0.29) is 22.1 Å². The quantitative estimate of drug-likeness (QED) is 0.466. The monoisotopic (exact) mass is 351 g/mol. The van der Waals surface area contributed by atoms with Crippen LogP contribution in [0.2, 0.25) is 0 Å². The van der Waals surface area contributed by atoms with Crippen LogP contribution in [0.25, 0.3) is 0 Å². The Morgan fingerprint density at radius 2 is 1.67 bits per heavy atom. The van der Waals surface area contributed by atoms with Crippen LogP contribution in [0.4, 0.5) is 5.69 Å². The summed E-state index contributed by atoms with van der Waals surface area (Å²) in [7, 11) is -3.02. The molecule has 0 saturated carbocycles. The molecule has 0 amide bonds. The molecule has 8 heteroatoms. The van der Waals surface area contributed by atoms with Crippen LogP contribution in [0.15, 0.2) is 35.2 Å². The molecule has 7 nitrogen and oxygen atoms in total. The van der Waals surface area contributed by atoms with Gasteiger partial charge < -0.3 is 8.92 Å². The highest BCUT2D eigenvalue weighted by molar-refractivity contribution is 7.87. The fourth-order valence-corrected chi connectivity index (χ4v) is 3.41. The number of methoxy groups -OCH3 is 1. The van der Waals surface area contributed by atoms with Crippen molar-refractivity contribution in [1.82, 2.24) is 0 Å². The highest BCUT2D eigenvalue weighted by Crippen LogP contribution is 2.33. The highest BCUT2D eigenvalue weighted by atomic mass is 32.2. The predicted molar refractivity (Wildman–Crippen MR) is 88.1 cm³/mol. The lowest BCUT2D eigenvalue weighted by Crippen LogP contribution is -2.13. The van der Waals surface area contributed by atoms with E-state index in [2.05, 4.69) is 0 Å². The molecule has 0 atom stereocenters. The van der Waals surface area contributed by atoms with Crippen LogP contribution in [0.1, 0.15) is 16.7 Å². The van der Waals surface area contributed by atoms with Crippen molar-refractivity contribution in [3.8, 4) is 11.5 Å². The third kappa shape index (κ3) is 3.33. The zero-order valence-electron chi connectivity index (χ0n) is 13.7. The van der Waals surface area contributed by atoms with Gasteiger partial charge in [0.15, 0.2) is 4.90 Å². The van der Waals surface area contributed by atoms with Gasteiger partial charge in [0.25, 0.3) is 5.69 Å². The van der Waals surface area contributed by atoms with Crippen LogP contribution in [-0.4, -0.2) is 20.5 Å². The normalized spacial score (nSPS) is 11.2. The smallest absolute Gasteiger partial charge is 0.343 e. The number of hydrogen-bond acceptors (Lipinski definition) is 6. The van der Waals surface area contributed by atoms with Gasteiger partial charge in [0, 0.05) is 12.1 Å². The van der Waals surface area contributed by atoms with E-state index in [0.717, 1.165) is 11.6 Å². The number of nitrogens with zero attached hydrogens (tertiary/aromatic N) is 1. The van der Waals surface area contributed by atoms with E-state index in [0.29, 0.717) is 11.1 Å². The third-order valence-corrected chi connectivity index (χ3v) is 4.94. The van der Waals surface area contributed by atoms with E-state index in [1.165, 1.54) is 19.2 Å². The van der Waals surface area contributed by atoms with Crippen molar-refractivity contribution >= 4 is 15.8 Å². The lowest BCUT2D eigenvalue weighted by Gasteiger charge is -2.15. The zero-order chi connectivity index (χ0) is 18.1. The summed E-state index contributed by atoms with van der Waals surface area (Å²) in [6.45, 7) is 5.31. The number of aryl methyl sites for hydroxylation is 2. The van der Waals surface area contributed by atoms with Crippen molar-refractivity contribution < 1.29 is 22.3 Å². The van der Waals surface area contributed by atoms with E-state index in [1.54, 1.807) is 19.9 Å². The molecule has 2 rings (SSSR count). The Morgan fingerprint density at radius 3 is 2.25 bits per heavy atom. The number of hydrogen-bond donors (Lipinski definition) is 0. The van der Waals surface area contributed by atoms with E-state index in [1.807, 2.05) is 13.0 Å². The first kappa shape index (κ1) is 17.7. The molecule has 0 spiro atoms. The molecule has 0 radical (unpaired) electrons. The molecule has 0 fully saturated rings. The van der Waals surface area contributed by atoms with Gasteiger partial charge in [0.05, 0.1) is 12.0 Å². The largest absolute Gasteiger partial charge is 0.495 e. The average Bonchev–Trinajstić information content (AvgIpc) is 2.54. The maximum absolute atomic E-state index is 12.6. The van der Waals surface area contributed by atoms with Gasteiger partial charge in [-0.05, 0) is 43.5 Å². The minimum Gasteiger partial charge on any atom is -0.495 e. The molecule has 0 aromatic heterocycles. The summed E-state index contributed by atoms with van der Waals surface area (Å²) >= 11 is 0. The van der Waals surface area contributed by atoms with Crippen LogP contribution in [0, 0.1) is 30.9 Å². The second-order valence-electron chi connectivity index (χ2n) is 5.28. The number of benzene rings is 2. The second-order valence-corrected chi connectivity index (χ2v) is 6.80. The van der Waals surface area contributed by atoms with Gasteiger partial charge in [-0.25, -0.2) is 0 Å². The van der Waals surface area contributed by atoms with Crippen LogP contribution in [0.3, 0.4) is 0 Å². The van der Waals surface area contributed by atoms with Crippen LogP contribution in [-0.2, 0) is 10.1 Å². The predicted octanol–water partition coefficient (Wildman–Crippen LogP) is 3.30. The Morgan fingerprint density at radius 1 is 1.04 bits per heavy atom. The molecule has 2 aromatic carbocycles. The van der Waals surface area contributed by atoms with E-state index >= 15 is 0 Å². The minimum absolute atomic E-state index is 0.0245. The minimum atomic E-state index is -4.30. The van der Waals surface area contributed by atoms with Crippen molar-refractivity contribution in [2.75, 3.05) is 7.11 Å². The summed E-state index contributed by atoms with van der Waals surface area (Å²) < 4.78 is 35.6. The lowest BCUT2D eigenvalue weighted by molar-refractivity contribution is -0.385. The zero-order valence-corrected chi connectivity index (χ0v) is 14.5. The van der Waals surface area contributed by atoms with Gasteiger partial charge in [-0.2, -0.15) is 8.42 Å². The SMILES string of the molecule is COc1ccc([N+](=O)[O-])cc1S(=O)(=O)Oc1c(C)ccc(C)c1C. The summed E-state index contributed by atoms with van der Waals surface area (Å²) in [4.78, 5) is 9.85. The summed E-state index contributed by atoms with van der Waals surface area (Å²) in [5.41, 5.74) is 1.83. The van der Waals surface area contributed by atoms with E-state index in [9.17, 15) is 18.5 Å². The van der Waals surface area contributed by atoms with Crippen LogP contribution in [0.5, 0.6) is 11.5 Å². The van der Waals surface area contributed by atoms with Crippen LogP contribution < -0.4 is 8.92 Å². The van der Waals surface area contributed by atoms with Crippen LogP contribution >= 0.6 is 0 Å². The molecule has 0 heterocycles. The van der Waals surface area contributed by atoms with Gasteiger partial charge in [-0.3, -0.25) is 10.1 Å². The van der Waals surface area contributed by atoms with Crippen molar-refractivity contribution in [2.24, 2.45) is 0 Å². The Hall–Kier alpha value is -2.61. The molecule has 0 aliphatic heterocycles. The standard InChI is InChI=1S/C16H17NO6S/c1-10-5-6-11(2)16(12(10)3)23-24(20,21)15-9-13(17(18)19)7-8-14(15)22-4/h5-9H,1-4H3. The van der Waals surface area contributed by atoms with Gasteiger partial charge in [0.1, 0.15) is 11.5 Å². The van der Waals surface area contributed by atoms with E-state index in [4.69, 9.17) is 8.92 Å². The molecule has 0 aliphatic rings. The molecule has 2 aromatic rings. The molecule has 0 saturated heterocycles. The van der Waals surface area contributed by atoms with Gasteiger partial charge in [-0.1, -0.05) is 12.1 Å². The Bertz CT molecular complexity index is 905. The van der Waals surface area contributed by atoms with Crippen molar-refractivity contribution in [2.45, 2.75) is 25.7 Å². The number of ether oxygens (including phenoxy) is 1. The molecule has 24 heavy (non-hydrogen) atoms. The van der Waals surface area contributed by atoms with Gasteiger partial charge >= 0.3 is 10.1 Å². The fourth-order valence-electron chi connectivity index (χ4n) is 2.18. The average molecular weight is 351 g/mol. The summed E-state index contributed by atoms with van der Waals surface area (Å²) in [6, 6.07) is 6.93. The number of nitro benzene ring substituents is 1. The fraction of sp³-hybridized carbons (Fsp3) is 0.250. The Kier molecular flexibility index (Phi) is 4.79. The van der Waals surface area contributed by atoms with Gasteiger partial charge in [-0.15, -0.1) is 0 Å². The number of non-ortho nitro benzene ring substituents is 1. The van der Waals surface area contributed by atoms with Crippen molar-refractivity contribution in [3.63, 3.8) is 0 Å². The molecular formula is C16H17NO6S. The first-order valence-corrected chi connectivity index (χ1v) is 8.42. The molecule has 0 aliphatic carbocycles. The molecule has 0 unspecified atom stereocenters. The summed E-state index contributed by atoms with van der Waals surface area (Å²) in [5, 5.41) is 10.9. The molecule has 0 N–H and O–H groups in total. The van der Waals surface area contributed by atoms with Gasteiger partial charge in [0.2, 0.25) is 0 Å². The van der Waals surface area contributed by atoms with Crippen molar-refractivity contribution in [3.05, 3.63) is 57.1 Å². The number of nitro groups is 1. The Labute approximate surface area is 140 Å². The maximum atomic E-state index is 12.6. The molecule has 128 valence electrons. The van der Waals surface area contributed by atoms with E-state index < -0.39 is 15.0 Å². The first-order valence-electron chi connectivity index (χ1n) is 7.01. The first-order chi connectivity index (χ1) is 11.2.